The van der Waals surface area contributed by atoms with E-state index in [9.17, 15) is 9.90 Å². The lowest BCUT2D eigenvalue weighted by atomic mass is 10.1. The number of aromatic hydroxyl groups is 1. The maximum atomic E-state index is 11.2. The highest BCUT2D eigenvalue weighted by atomic mass is 16.3. The molecule has 4 nitrogen and oxygen atoms in total. The third-order valence-electron chi connectivity index (χ3n) is 1.89. The molecule has 0 radical (unpaired) electrons. The Bertz CT molecular complexity index is 337. The van der Waals surface area contributed by atoms with Gasteiger partial charge in [-0.25, -0.2) is 5.43 Å². The Morgan fingerprint density at radius 3 is 2.79 bits per heavy atom. The topological polar surface area (TPSA) is 61.4 Å². The lowest BCUT2D eigenvalue weighted by Gasteiger charge is -2.04. The number of aryl methyl sites for hydroxylation is 1. The second-order valence-electron chi connectivity index (χ2n) is 3.10. The van der Waals surface area contributed by atoms with Crippen molar-refractivity contribution in [1.82, 2.24) is 10.9 Å². The molecular formula is C10H14N2O2. The van der Waals surface area contributed by atoms with Gasteiger partial charge in [0.2, 0.25) is 5.91 Å². The van der Waals surface area contributed by atoms with Crippen LogP contribution in [0.25, 0.3) is 0 Å². The second kappa shape index (κ2) is 4.62. The molecule has 0 aromatic heterocycles. The first-order chi connectivity index (χ1) is 6.63. The van der Waals surface area contributed by atoms with Gasteiger partial charge in [0.15, 0.2) is 0 Å². The summed E-state index contributed by atoms with van der Waals surface area (Å²) in [6.45, 7) is 1.80. The largest absolute Gasteiger partial charge is 0.508 e. The summed E-state index contributed by atoms with van der Waals surface area (Å²) in [4.78, 5) is 11.2. The van der Waals surface area contributed by atoms with E-state index in [1.54, 1.807) is 32.2 Å². The van der Waals surface area contributed by atoms with E-state index in [-0.39, 0.29) is 11.7 Å². The van der Waals surface area contributed by atoms with Crippen LogP contribution in [0.3, 0.4) is 0 Å². The summed E-state index contributed by atoms with van der Waals surface area (Å²) in [5.41, 5.74) is 6.70. The predicted molar refractivity (Wildman–Crippen MR) is 53.8 cm³/mol. The van der Waals surface area contributed by atoms with E-state index in [0.29, 0.717) is 6.42 Å². The SMILES string of the molecule is CNNC(=O)Cc1ccc(O)c(C)c1. The molecule has 0 unspecified atom stereocenters. The quantitative estimate of drug-likeness (QED) is 0.614. The van der Waals surface area contributed by atoms with Gasteiger partial charge in [0.05, 0.1) is 6.42 Å². The predicted octanol–water partition coefficient (Wildman–Crippen LogP) is 0.494. The van der Waals surface area contributed by atoms with Gasteiger partial charge in [0.25, 0.3) is 0 Å². The van der Waals surface area contributed by atoms with Crippen molar-refractivity contribution in [2.45, 2.75) is 13.3 Å². The van der Waals surface area contributed by atoms with Gasteiger partial charge < -0.3 is 5.11 Å². The number of nitrogens with one attached hydrogen (secondary N) is 2. The van der Waals surface area contributed by atoms with Crippen molar-refractivity contribution < 1.29 is 9.90 Å². The average molecular weight is 194 g/mol. The molecule has 0 heterocycles. The summed E-state index contributed by atoms with van der Waals surface area (Å²) in [6.07, 6.45) is 0.307. The molecule has 1 aromatic carbocycles. The minimum atomic E-state index is -0.0995. The van der Waals surface area contributed by atoms with Crippen molar-refractivity contribution in [2.75, 3.05) is 7.05 Å². The Labute approximate surface area is 82.9 Å². The Kier molecular flexibility index (Phi) is 3.48. The molecule has 0 saturated heterocycles. The van der Waals surface area contributed by atoms with E-state index < -0.39 is 0 Å². The summed E-state index contributed by atoms with van der Waals surface area (Å²) < 4.78 is 0. The highest BCUT2D eigenvalue weighted by Gasteiger charge is 2.03. The van der Waals surface area contributed by atoms with Crippen LogP contribution >= 0.6 is 0 Å². The van der Waals surface area contributed by atoms with Crippen LogP contribution in [0.5, 0.6) is 5.75 Å². The molecule has 3 N–H and O–H groups in total. The van der Waals surface area contributed by atoms with E-state index in [1.807, 2.05) is 0 Å². The van der Waals surface area contributed by atoms with Crippen molar-refractivity contribution in [2.24, 2.45) is 0 Å². The van der Waals surface area contributed by atoms with Crippen LogP contribution in [0.2, 0.25) is 0 Å². The molecule has 14 heavy (non-hydrogen) atoms. The van der Waals surface area contributed by atoms with Crippen molar-refractivity contribution in [3.8, 4) is 5.75 Å². The number of hydrazine groups is 1. The highest BCUT2D eigenvalue weighted by molar-refractivity contribution is 5.78. The van der Waals surface area contributed by atoms with Crippen molar-refractivity contribution in [1.29, 1.82) is 0 Å². The number of carbonyl (C=O) groups excluding carboxylic acids is 1. The summed E-state index contributed by atoms with van der Waals surface area (Å²) in [5.74, 6) is 0.153. The highest BCUT2D eigenvalue weighted by Crippen LogP contribution is 2.16. The standard InChI is InChI=1S/C10H14N2O2/c1-7-5-8(3-4-9(7)13)6-10(14)12-11-2/h3-5,11,13H,6H2,1-2H3,(H,12,14). The van der Waals surface area contributed by atoms with E-state index >= 15 is 0 Å². The van der Waals surface area contributed by atoms with Gasteiger partial charge in [-0.15, -0.1) is 0 Å². The normalized spacial score (nSPS) is 9.86. The molecular weight excluding hydrogens is 180 g/mol. The first-order valence-electron chi connectivity index (χ1n) is 4.37. The molecule has 0 spiro atoms. The van der Waals surface area contributed by atoms with Crippen LogP contribution in [-0.4, -0.2) is 18.1 Å². The van der Waals surface area contributed by atoms with Crippen LogP contribution in [0.15, 0.2) is 18.2 Å². The molecule has 0 fully saturated rings. The summed E-state index contributed by atoms with van der Waals surface area (Å²) in [5, 5.41) is 9.27. The zero-order valence-electron chi connectivity index (χ0n) is 8.29. The van der Waals surface area contributed by atoms with Gasteiger partial charge in [-0.1, -0.05) is 12.1 Å². The molecule has 1 amide bonds. The molecule has 0 aliphatic carbocycles. The number of hydrogen-bond donors (Lipinski definition) is 3. The van der Waals surface area contributed by atoms with E-state index in [2.05, 4.69) is 10.9 Å². The van der Waals surface area contributed by atoms with Gasteiger partial charge in [-0.3, -0.25) is 10.2 Å². The van der Waals surface area contributed by atoms with Gasteiger partial charge >= 0.3 is 0 Å². The fourth-order valence-electron chi connectivity index (χ4n) is 1.20. The van der Waals surface area contributed by atoms with Gasteiger partial charge in [0.1, 0.15) is 5.75 Å². The number of rotatable bonds is 3. The van der Waals surface area contributed by atoms with Crippen molar-refractivity contribution >= 4 is 5.91 Å². The fraction of sp³-hybridized carbons (Fsp3) is 0.300. The van der Waals surface area contributed by atoms with E-state index in [1.165, 1.54) is 0 Å². The fourth-order valence-corrected chi connectivity index (χ4v) is 1.20. The molecule has 1 rings (SSSR count). The van der Waals surface area contributed by atoms with Crippen LogP contribution in [-0.2, 0) is 11.2 Å². The maximum Gasteiger partial charge on any atom is 0.238 e. The van der Waals surface area contributed by atoms with Gasteiger partial charge in [-0.2, -0.15) is 0 Å². The smallest absolute Gasteiger partial charge is 0.238 e. The van der Waals surface area contributed by atoms with Crippen LogP contribution in [0.1, 0.15) is 11.1 Å². The Hall–Kier alpha value is -1.55. The molecule has 0 aliphatic rings. The first kappa shape index (κ1) is 10.5. The Morgan fingerprint density at radius 1 is 1.50 bits per heavy atom. The monoisotopic (exact) mass is 194 g/mol. The van der Waals surface area contributed by atoms with E-state index in [0.717, 1.165) is 11.1 Å². The Morgan fingerprint density at radius 2 is 2.21 bits per heavy atom. The lowest BCUT2D eigenvalue weighted by Crippen LogP contribution is -2.35. The molecule has 4 heteroatoms. The average Bonchev–Trinajstić information content (AvgIpc) is 2.12. The summed E-state index contributed by atoms with van der Waals surface area (Å²) in [7, 11) is 1.64. The summed E-state index contributed by atoms with van der Waals surface area (Å²) in [6, 6.07) is 5.12. The Balaban J connectivity index is 2.68. The first-order valence-corrected chi connectivity index (χ1v) is 4.37. The molecule has 0 bridgehead atoms. The minimum Gasteiger partial charge on any atom is -0.508 e. The second-order valence-corrected chi connectivity index (χ2v) is 3.10. The van der Waals surface area contributed by atoms with E-state index in [4.69, 9.17) is 0 Å². The third-order valence-corrected chi connectivity index (χ3v) is 1.89. The van der Waals surface area contributed by atoms with Crippen molar-refractivity contribution in [3.63, 3.8) is 0 Å². The molecule has 0 aliphatic heterocycles. The number of phenols is 1. The molecule has 76 valence electrons. The minimum absolute atomic E-state index is 0.0995. The number of phenolic OH excluding ortho intramolecular Hbond substituents is 1. The number of benzene rings is 1. The number of carbonyl (C=O) groups is 1. The lowest BCUT2D eigenvalue weighted by molar-refractivity contribution is -0.121. The van der Waals surface area contributed by atoms with Gasteiger partial charge in [0, 0.05) is 7.05 Å². The molecule has 1 aromatic rings. The van der Waals surface area contributed by atoms with Crippen molar-refractivity contribution in [3.05, 3.63) is 29.3 Å². The number of hydrogen-bond acceptors (Lipinski definition) is 3. The maximum absolute atomic E-state index is 11.2. The van der Waals surface area contributed by atoms with Crippen LogP contribution in [0, 0.1) is 6.92 Å². The summed E-state index contributed by atoms with van der Waals surface area (Å²) >= 11 is 0. The zero-order valence-corrected chi connectivity index (χ0v) is 8.29. The van der Waals surface area contributed by atoms with Gasteiger partial charge in [-0.05, 0) is 24.1 Å². The molecule has 0 saturated carbocycles. The third kappa shape index (κ3) is 2.74. The van der Waals surface area contributed by atoms with Crippen LogP contribution < -0.4 is 10.9 Å². The molecule has 0 atom stereocenters. The van der Waals surface area contributed by atoms with Crippen LogP contribution in [0.4, 0.5) is 0 Å². The zero-order chi connectivity index (χ0) is 10.6. The number of amides is 1.